The summed E-state index contributed by atoms with van der Waals surface area (Å²) < 4.78 is 41.2. The molecule has 4 nitrogen and oxygen atoms in total. The van der Waals surface area contributed by atoms with Crippen LogP contribution < -0.4 is 0 Å². The van der Waals surface area contributed by atoms with E-state index >= 15 is 0 Å². The molecule has 0 atom stereocenters. The monoisotopic (exact) mass is 602 g/mol. The normalized spacial score (nSPS) is 11.4. The first-order valence-corrected chi connectivity index (χ1v) is 14.9. The van der Waals surface area contributed by atoms with Gasteiger partial charge in [0.15, 0.2) is 17.3 Å². The van der Waals surface area contributed by atoms with Crippen molar-refractivity contribution in [2.75, 3.05) is 0 Å². The number of hydrogen-bond acceptors (Lipinski definition) is 6. The van der Waals surface area contributed by atoms with Gasteiger partial charge in [-0.05, 0) is 41.8 Å². The molecule has 0 aliphatic heterocycles. The Labute approximate surface area is 249 Å². The van der Waals surface area contributed by atoms with E-state index in [0.29, 0.717) is 17.7 Å². The van der Waals surface area contributed by atoms with Crippen LogP contribution in [0.3, 0.4) is 0 Å². The molecule has 0 amide bonds. The van der Waals surface area contributed by atoms with Crippen molar-refractivity contribution in [2.24, 2.45) is 0 Å². The highest BCUT2D eigenvalue weighted by atomic mass is 32.2. The van der Waals surface area contributed by atoms with E-state index in [2.05, 4.69) is 9.97 Å². The first-order valence-electron chi connectivity index (χ1n) is 13.1. The molecular weight excluding hydrogens is 578 g/mol. The van der Waals surface area contributed by atoms with Gasteiger partial charge in [0.1, 0.15) is 9.88 Å². The molecule has 0 bridgehead atoms. The van der Waals surface area contributed by atoms with E-state index in [9.17, 15) is 22.8 Å². The number of aromatic nitrogens is 2. The summed E-state index contributed by atoms with van der Waals surface area (Å²) in [5.74, 6) is -0.424. The molecule has 0 N–H and O–H groups in total. The Kier molecular flexibility index (Phi) is 8.99. The molecule has 3 aromatic carbocycles. The van der Waals surface area contributed by atoms with Gasteiger partial charge in [-0.2, -0.15) is 13.2 Å². The standard InChI is InChI=1S/C33H25F3N2O2S2/c1-21-7-5-6-8-24(21)17-28(39)23-13-11-22(12-14-23)25-15-16-26(37-19-25)18-29(40)31-32(33(34,35)36)38-30(42-31)20-41-27-9-3-2-4-10-27/h2-16,19H,17-18,20H2,1H3. The Morgan fingerprint density at radius 2 is 1.50 bits per heavy atom. The van der Waals surface area contributed by atoms with Crippen LogP contribution in [0.15, 0.2) is 102 Å². The summed E-state index contributed by atoms with van der Waals surface area (Å²) >= 11 is 2.14. The van der Waals surface area contributed by atoms with E-state index in [1.54, 1.807) is 30.5 Å². The van der Waals surface area contributed by atoms with Gasteiger partial charge in [-0.3, -0.25) is 14.6 Å². The maximum absolute atomic E-state index is 13.7. The second-order valence-electron chi connectivity index (χ2n) is 9.63. The van der Waals surface area contributed by atoms with Crippen LogP contribution in [0.4, 0.5) is 13.2 Å². The fraction of sp³-hybridized carbons (Fsp3) is 0.152. The summed E-state index contributed by atoms with van der Waals surface area (Å²) in [6.45, 7) is 1.98. The van der Waals surface area contributed by atoms with Crippen LogP contribution in [-0.2, 0) is 24.8 Å². The van der Waals surface area contributed by atoms with Crippen molar-refractivity contribution in [3.05, 3.63) is 135 Å². The minimum absolute atomic E-state index is 0.0194. The van der Waals surface area contributed by atoms with Crippen LogP contribution in [0.5, 0.6) is 0 Å². The predicted octanol–water partition coefficient (Wildman–Crippen LogP) is 8.68. The molecule has 0 saturated heterocycles. The third-order valence-corrected chi connectivity index (χ3v) is 8.92. The van der Waals surface area contributed by atoms with Gasteiger partial charge in [0.05, 0.1) is 12.2 Å². The smallest absolute Gasteiger partial charge is 0.294 e. The summed E-state index contributed by atoms with van der Waals surface area (Å²) in [5, 5.41) is 0.240. The third kappa shape index (κ3) is 7.21. The lowest BCUT2D eigenvalue weighted by molar-refractivity contribution is -0.141. The quantitative estimate of drug-likeness (QED) is 0.118. The Balaban J connectivity index is 1.25. The number of carbonyl (C=O) groups excluding carboxylic acids is 2. The number of carbonyl (C=O) groups is 2. The zero-order valence-corrected chi connectivity index (χ0v) is 24.2. The SMILES string of the molecule is Cc1ccccc1CC(=O)c1ccc(-c2ccc(CC(=O)c3sc(CSc4ccccc4)nc3C(F)(F)F)nc2)cc1. The molecule has 9 heteroatoms. The summed E-state index contributed by atoms with van der Waals surface area (Å²) in [7, 11) is 0. The van der Waals surface area contributed by atoms with Crippen molar-refractivity contribution < 1.29 is 22.8 Å². The van der Waals surface area contributed by atoms with Crippen molar-refractivity contribution in [2.45, 2.75) is 36.6 Å². The summed E-state index contributed by atoms with van der Waals surface area (Å²) in [5.41, 5.74) is 3.46. The summed E-state index contributed by atoms with van der Waals surface area (Å²) in [6, 6.07) is 27.7. The number of nitrogens with zero attached hydrogens (tertiary/aromatic N) is 2. The van der Waals surface area contributed by atoms with E-state index < -0.39 is 22.5 Å². The molecule has 0 unspecified atom stereocenters. The summed E-state index contributed by atoms with van der Waals surface area (Å²) in [4.78, 5) is 34.3. The van der Waals surface area contributed by atoms with E-state index in [-0.39, 0.29) is 23.0 Å². The molecule has 42 heavy (non-hydrogen) atoms. The molecule has 0 spiro atoms. The van der Waals surface area contributed by atoms with Crippen LogP contribution in [0.25, 0.3) is 11.1 Å². The van der Waals surface area contributed by atoms with Gasteiger partial charge < -0.3 is 0 Å². The molecular formula is C33H25F3N2O2S2. The second-order valence-corrected chi connectivity index (χ2v) is 11.8. The number of Topliss-reactive ketones (excluding diaryl/α,β-unsaturated/α-hetero) is 2. The van der Waals surface area contributed by atoms with Crippen LogP contribution in [-0.4, -0.2) is 21.5 Å². The fourth-order valence-electron chi connectivity index (χ4n) is 4.35. The van der Waals surface area contributed by atoms with Crippen LogP contribution in [0, 0.1) is 6.92 Å². The molecule has 0 saturated carbocycles. The topological polar surface area (TPSA) is 59.9 Å². The highest BCUT2D eigenvalue weighted by Gasteiger charge is 2.39. The molecule has 0 fully saturated rings. The molecule has 0 radical (unpaired) electrons. The van der Waals surface area contributed by atoms with Crippen molar-refractivity contribution in [1.82, 2.24) is 9.97 Å². The van der Waals surface area contributed by atoms with Crippen molar-refractivity contribution in [3.8, 4) is 11.1 Å². The number of benzene rings is 3. The Morgan fingerprint density at radius 3 is 2.17 bits per heavy atom. The number of rotatable bonds is 10. The number of hydrogen-bond donors (Lipinski definition) is 0. The van der Waals surface area contributed by atoms with Gasteiger partial charge in [0, 0.05) is 34.3 Å². The van der Waals surface area contributed by atoms with E-state index in [0.717, 1.165) is 38.5 Å². The minimum Gasteiger partial charge on any atom is -0.294 e. The van der Waals surface area contributed by atoms with Crippen LogP contribution in [0.1, 0.15) is 47.6 Å². The maximum atomic E-state index is 13.7. The van der Waals surface area contributed by atoms with Gasteiger partial charge in [0.2, 0.25) is 0 Å². The van der Waals surface area contributed by atoms with Gasteiger partial charge >= 0.3 is 6.18 Å². The van der Waals surface area contributed by atoms with Crippen LogP contribution in [0.2, 0.25) is 0 Å². The lowest BCUT2D eigenvalue weighted by atomic mass is 9.98. The van der Waals surface area contributed by atoms with Crippen molar-refractivity contribution in [3.63, 3.8) is 0 Å². The average Bonchev–Trinajstić information content (AvgIpc) is 3.44. The lowest BCUT2D eigenvalue weighted by Gasteiger charge is -2.07. The number of thiazole rings is 1. The maximum Gasteiger partial charge on any atom is 0.434 e. The number of aryl methyl sites for hydroxylation is 1. The second kappa shape index (κ2) is 12.8. The molecule has 5 aromatic rings. The average molecular weight is 603 g/mol. The van der Waals surface area contributed by atoms with Crippen LogP contribution >= 0.6 is 23.1 Å². The Hall–Kier alpha value is -4.08. The first-order chi connectivity index (χ1) is 20.2. The van der Waals surface area contributed by atoms with E-state index in [1.807, 2.05) is 73.7 Å². The van der Waals surface area contributed by atoms with Crippen molar-refractivity contribution in [1.29, 1.82) is 0 Å². The third-order valence-electron chi connectivity index (χ3n) is 6.62. The summed E-state index contributed by atoms with van der Waals surface area (Å²) in [6.07, 6.45) is -3.11. The first kappa shape index (κ1) is 29.4. The minimum atomic E-state index is -4.73. The van der Waals surface area contributed by atoms with E-state index in [1.165, 1.54) is 11.8 Å². The number of alkyl halides is 3. The van der Waals surface area contributed by atoms with Gasteiger partial charge in [-0.25, -0.2) is 4.98 Å². The highest BCUT2D eigenvalue weighted by Crippen LogP contribution is 2.37. The molecule has 2 heterocycles. The number of ketones is 2. The largest absolute Gasteiger partial charge is 0.434 e. The van der Waals surface area contributed by atoms with Gasteiger partial charge in [0.25, 0.3) is 0 Å². The number of thioether (sulfide) groups is 1. The fourth-order valence-corrected chi connectivity index (χ4v) is 6.28. The number of pyridine rings is 1. The van der Waals surface area contributed by atoms with E-state index in [4.69, 9.17) is 0 Å². The molecule has 2 aromatic heterocycles. The predicted molar refractivity (Wildman–Crippen MR) is 160 cm³/mol. The molecule has 0 aliphatic rings. The highest BCUT2D eigenvalue weighted by molar-refractivity contribution is 7.98. The number of halogens is 3. The van der Waals surface area contributed by atoms with Crippen molar-refractivity contribution >= 4 is 34.7 Å². The zero-order valence-electron chi connectivity index (χ0n) is 22.5. The Morgan fingerprint density at radius 1 is 0.810 bits per heavy atom. The zero-order chi connectivity index (χ0) is 29.7. The van der Waals surface area contributed by atoms with Gasteiger partial charge in [-0.1, -0.05) is 72.8 Å². The van der Waals surface area contributed by atoms with Gasteiger partial charge in [-0.15, -0.1) is 23.1 Å². The Bertz CT molecular complexity index is 1700. The molecule has 0 aliphatic carbocycles. The molecule has 212 valence electrons. The lowest BCUT2D eigenvalue weighted by Crippen LogP contribution is -2.13. The molecule has 5 rings (SSSR count).